The summed E-state index contributed by atoms with van der Waals surface area (Å²) in [7, 11) is -3.51. The third-order valence-corrected chi connectivity index (χ3v) is 6.98. The van der Waals surface area contributed by atoms with E-state index in [9.17, 15) is 17.2 Å². The van der Waals surface area contributed by atoms with Gasteiger partial charge in [0.25, 0.3) is 0 Å². The number of rotatable bonds is 4. The first kappa shape index (κ1) is 21.4. The van der Waals surface area contributed by atoms with Gasteiger partial charge in [-0.05, 0) is 54.7 Å². The van der Waals surface area contributed by atoms with Crippen molar-refractivity contribution in [3.63, 3.8) is 0 Å². The first-order valence-electron chi connectivity index (χ1n) is 10.4. The second kappa shape index (κ2) is 8.18. The van der Waals surface area contributed by atoms with Crippen LogP contribution < -0.4 is 4.90 Å². The van der Waals surface area contributed by atoms with Gasteiger partial charge < -0.3 is 9.32 Å². The molecule has 10 heteroatoms. The SMILES string of the molecule is CS(=O)(=O)c1ccc(-c2nc3cc(C4CCN(c5ncc(F)cn5)CC4)ccc3o2)c(F)c1. The van der Waals surface area contributed by atoms with Crippen LogP contribution in [-0.4, -0.2) is 42.7 Å². The molecule has 0 N–H and O–H groups in total. The summed E-state index contributed by atoms with van der Waals surface area (Å²) in [6.45, 7) is 1.49. The van der Waals surface area contributed by atoms with Gasteiger partial charge in [-0.15, -0.1) is 0 Å². The van der Waals surface area contributed by atoms with Gasteiger partial charge in [-0.3, -0.25) is 0 Å². The van der Waals surface area contributed by atoms with Crippen LogP contribution >= 0.6 is 0 Å². The molecule has 1 aliphatic heterocycles. The molecule has 2 aromatic carbocycles. The number of oxazole rings is 1. The lowest BCUT2D eigenvalue weighted by molar-refractivity contribution is 0.498. The van der Waals surface area contributed by atoms with Crippen molar-refractivity contribution in [2.24, 2.45) is 0 Å². The first-order valence-corrected chi connectivity index (χ1v) is 12.3. The maximum atomic E-state index is 14.6. The number of aromatic nitrogens is 3. The molecule has 33 heavy (non-hydrogen) atoms. The number of nitrogens with zero attached hydrogens (tertiary/aromatic N) is 4. The lowest BCUT2D eigenvalue weighted by Gasteiger charge is -2.32. The Bertz CT molecular complexity index is 1430. The molecule has 0 amide bonds. The van der Waals surface area contributed by atoms with Crippen LogP contribution in [0.25, 0.3) is 22.6 Å². The quantitative estimate of drug-likeness (QED) is 0.438. The Morgan fingerprint density at radius 2 is 1.76 bits per heavy atom. The molecule has 2 aromatic heterocycles. The first-order chi connectivity index (χ1) is 15.8. The predicted molar refractivity (Wildman–Crippen MR) is 119 cm³/mol. The van der Waals surface area contributed by atoms with E-state index in [0.717, 1.165) is 43.8 Å². The van der Waals surface area contributed by atoms with Crippen LogP contribution in [0.15, 0.2) is 58.1 Å². The van der Waals surface area contributed by atoms with Crippen LogP contribution in [0.1, 0.15) is 24.3 Å². The van der Waals surface area contributed by atoms with Crippen molar-refractivity contribution < 1.29 is 21.6 Å². The van der Waals surface area contributed by atoms with Crippen LogP contribution in [0.2, 0.25) is 0 Å². The Balaban J connectivity index is 1.35. The highest BCUT2D eigenvalue weighted by molar-refractivity contribution is 7.90. The van der Waals surface area contributed by atoms with E-state index in [1.807, 2.05) is 23.1 Å². The molecule has 7 nitrogen and oxygen atoms in total. The number of piperidine rings is 1. The van der Waals surface area contributed by atoms with Crippen molar-refractivity contribution in [2.75, 3.05) is 24.2 Å². The summed E-state index contributed by atoms with van der Waals surface area (Å²) in [5.41, 5.74) is 2.35. The number of benzene rings is 2. The molecule has 0 unspecified atom stereocenters. The van der Waals surface area contributed by atoms with E-state index < -0.39 is 21.5 Å². The van der Waals surface area contributed by atoms with E-state index >= 15 is 0 Å². The van der Waals surface area contributed by atoms with Crippen LogP contribution in [0.3, 0.4) is 0 Å². The van der Waals surface area contributed by atoms with Crippen LogP contribution in [-0.2, 0) is 9.84 Å². The van der Waals surface area contributed by atoms with Gasteiger partial charge in [0.15, 0.2) is 21.2 Å². The van der Waals surface area contributed by atoms with Gasteiger partial charge in [0, 0.05) is 19.3 Å². The molecule has 0 spiro atoms. The molecule has 0 radical (unpaired) electrons. The van der Waals surface area contributed by atoms with Gasteiger partial charge >= 0.3 is 0 Å². The normalized spacial score (nSPS) is 15.3. The number of anilines is 1. The minimum absolute atomic E-state index is 0.0977. The molecular weight excluding hydrogens is 450 g/mol. The van der Waals surface area contributed by atoms with Crippen LogP contribution in [0, 0.1) is 11.6 Å². The van der Waals surface area contributed by atoms with Crippen molar-refractivity contribution in [1.29, 1.82) is 0 Å². The zero-order valence-electron chi connectivity index (χ0n) is 17.7. The highest BCUT2D eigenvalue weighted by Gasteiger charge is 2.23. The molecule has 4 aromatic rings. The minimum atomic E-state index is -3.51. The monoisotopic (exact) mass is 470 g/mol. The molecule has 1 aliphatic rings. The lowest BCUT2D eigenvalue weighted by atomic mass is 9.89. The van der Waals surface area contributed by atoms with Gasteiger partial charge in [0.2, 0.25) is 11.8 Å². The molecule has 1 saturated heterocycles. The van der Waals surface area contributed by atoms with Gasteiger partial charge in [-0.25, -0.2) is 32.2 Å². The van der Waals surface area contributed by atoms with Crippen molar-refractivity contribution in [2.45, 2.75) is 23.7 Å². The van der Waals surface area contributed by atoms with Crippen molar-refractivity contribution in [1.82, 2.24) is 15.0 Å². The zero-order valence-corrected chi connectivity index (χ0v) is 18.5. The average Bonchev–Trinajstić information content (AvgIpc) is 3.22. The van der Waals surface area contributed by atoms with E-state index in [1.165, 1.54) is 24.5 Å². The maximum Gasteiger partial charge on any atom is 0.230 e. The average molecular weight is 471 g/mol. The van der Waals surface area contributed by atoms with Crippen LogP contribution in [0.4, 0.5) is 14.7 Å². The molecule has 3 heterocycles. The van der Waals surface area contributed by atoms with Gasteiger partial charge in [0.1, 0.15) is 11.3 Å². The number of fused-ring (bicyclic) bond motifs is 1. The largest absolute Gasteiger partial charge is 0.436 e. The van der Waals surface area contributed by atoms with Gasteiger partial charge in [0.05, 0.1) is 22.9 Å². The summed E-state index contributed by atoms with van der Waals surface area (Å²) in [6.07, 6.45) is 5.11. The van der Waals surface area contributed by atoms with Crippen LogP contribution in [0.5, 0.6) is 0 Å². The molecule has 0 saturated carbocycles. The Kier molecular flexibility index (Phi) is 5.32. The molecule has 5 rings (SSSR count). The topological polar surface area (TPSA) is 89.2 Å². The second-order valence-corrected chi connectivity index (χ2v) is 10.1. The summed E-state index contributed by atoms with van der Waals surface area (Å²) in [4.78, 5) is 14.5. The van der Waals surface area contributed by atoms with E-state index in [-0.39, 0.29) is 16.3 Å². The number of hydrogen-bond donors (Lipinski definition) is 0. The summed E-state index contributed by atoms with van der Waals surface area (Å²) in [5.74, 6) is -0.240. The molecule has 0 atom stereocenters. The number of halogens is 2. The minimum Gasteiger partial charge on any atom is -0.436 e. The Labute approximate surface area is 189 Å². The van der Waals surface area contributed by atoms with Crippen molar-refractivity contribution >= 4 is 26.9 Å². The van der Waals surface area contributed by atoms with E-state index in [0.29, 0.717) is 23.0 Å². The van der Waals surface area contributed by atoms with Crippen molar-refractivity contribution in [3.05, 3.63) is 66.0 Å². The Morgan fingerprint density at radius 1 is 1.03 bits per heavy atom. The van der Waals surface area contributed by atoms with E-state index in [2.05, 4.69) is 15.0 Å². The molecule has 170 valence electrons. The van der Waals surface area contributed by atoms with E-state index in [1.54, 1.807) is 0 Å². The third-order valence-electron chi connectivity index (χ3n) is 5.87. The summed E-state index contributed by atoms with van der Waals surface area (Å²) < 4.78 is 56.6. The molecule has 1 fully saturated rings. The fourth-order valence-corrected chi connectivity index (χ4v) is 4.73. The maximum absolute atomic E-state index is 14.6. The molecule has 0 bridgehead atoms. The van der Waals surface area contributed by atoms with Gasteiger partial charge in [-0.2, -0.15) is 0 Å². The standard InChI is InChI=1S/C23H20F2N4O3S/c1-33(30,31)17-3-4-18(19(25)11-17)22-28-20-10-15(2-5-21(20)32-22)14-6-8-29(9-7-14)23-26-12-16(24)13-27-23/h2-5,10-14H,6-9H2,1H3. The number of sulfone groups is 1. The van der Waals surface area contributed by atoms with Gasteiger partial charge in [-0.1, -0.05) is 6.07 Å². The fraction of sp³-hybridized carbons (Fsp3) is 0.261. The Hall–Kier alpha value is -3.40. The zero-order chi connectivity index (χ0) is 23.2. The highest BCUT2D eigenvalue weighted by Crippen LogP contribution is 2.33. The predicted octanol–water partition coefficient (Wildman–Crippen LogP) is 4.35. The smallest absolute Gasteiger partial charge is 0.230 e. The summed E-state index contributed by atoms with van der Waals surface area (Å²) in [6, 6.07) is 9.43. The Morgan fingerprint density at radius 3 is 2.42 bits per heavy atom. The highest BCUT2D eigenvalue weighted by atomic mass is 32.2. The summed E-state index contributed by atoms with van der Waals surface area (Å²) in [5, 5.41) is 0. The summed E-state index contributed by atoms with van der Waals surface area (Å²) >= 11 is 0. The number of hydrogen-bond acceptors (Lipinski definition) is 7. The third kappa shape index (κ3) is 4.30. The second-order valence-electron chi connectivity index (χ2n) is 8.12. The van der Waals surface area contributed by atoms with E-state index in [4.69, 9.17) is 4.42 Å². The van der Waals surface area contributed by atoms with Crippen molar-refractivity contribution in [3.8, 4) is 11.5 Å². The lowest BCUT2D eigenvalue weighted by Crippen LogP contribution is -2.34. The molecule has 0 aliphatic carbocycles. The fourth-order valence-electron chi connectivity index (χ4n) is 4.10. The molecular formula is C23H20F2N4O3S.